The summed E-state index contributed by atoms with van der Waals surface area (Å²) in [6, 6.07) is 8.08. The molecule has 2 amide bonds. The molecule has 5 nitrogen and oxygen atoms in total. The molecule has 2 aliphatic heterocycles. The van der Waals surface area contributed by atoms with Crippen LogP contribution in [0.25, 0.3) is 0 Å². The summed E-state index contributed by atoms with van der Waals surface area (Å²) < 4.78 is 5.20. The minimum Gasteiger partial charge on any atom is -0.444 e. The monoisotopic (exact) mass is 288 g/mol. The van der Waals surface area contributed by atoms with Gasteiger partial charge in [0.05, 0.1) is 6.54 Å². The second kappa shape index (κ2) is 5.76. The van der Waals surface area contributed by atoms with Crippen LogP contribution in [0.3, 0.4) is 0 Å². The van der Waals surface area contributed by atoms with Crippen LogP contribution in [-0.4, -0.2) is 43.1 Å². The molecule has 2 heterocycles. The van der Waals surface area contributed by atoms with Gasteiger partial charge in [-0.2, -0.15) is 0 Å². The highest BCUT2D eigenvalue weighted by molar-refractivity contribution is 5.94. The fourth-order valence-electron chi connectivity index (χ4n) is 3.01. The third-order valence-electron chi connectivity index (χ3n) is 4.15. The van der Waals surface area contributed by atoms with Crippen LogP contribution in [-0.2, 0) is 16.0 Å². The second-order valence-corrected chi connectivity index (χ2v) is 5.70. The van der Waals surface area contributed by atoms with Crippen molar-refractivity contribution >= 4 is 17.7 Å². The standard InChI is InChI=1S/C16H20N2O3/c1-17-11-13(21-16(17)20)8-9-15(19)18-10-4-6-12-5-2-3-7-14(12)18/h2-3,5,7,13H,4,6,8-11H2,1H3. The average Bonchev–Trinajstić information content (AvgIpc) is 2.83. The zero-order valence-corrected chi connectivity index (χ0v) is 12.2. The van der Waals surface area contributed by atoms with Crippen molar-refractivity contribution in [3.05, 3.63) is 29.8 Å². The maximum atomic E-state index is 12.5. The first-order chi connectivity index (χ1) is 10.1. The van der Waals surface area contributed by atoms with Crippen LogP contribution >= 0.6 is 0 Å². The van der Waals surface area contributed by atoms with Crippen molar-refractivity contribution in [2.45, 2.75) is 31.8 Å². The second-order valence-electron chi connectivity index (χ2n) is 5.70. The van der Waals surface area contributed by atoms with Crippen molar-refractivity contribution in [1.29, 1.82) is 0 Å². The Kier molecular flexibility index (Phi) is 3.82. The maximum Gasteiger partial charge on any atom is 0.409 e. The van der Waals surface area contributed by atoms with E-state index in [4.69, 9.17) is 4.74 Å². The van der Waals surface area contributed by atoms with Crippen LogP contribution in [0.5, 0.6) is 0 Å². The number of nitrogens with zero attached hydrogens (tertiary/aromatic N) is 2. The summed E-state index contributed by atoms with van der Waals surface area (Å²) in [7, 11) is 1.71. The molecule has 1 aromatic carbocycles. The normalized spacial score (nSPS) is 21.2. The molecule has 1 fully saturated rings. The Bertz CT molecular complexity index is 558. The number of benzene rings is 1. The van der Waals surface area contributed by atoms with E-state index in [9.17, 15) is 9.59 Å². The van der Waals surface area contributed by atoms with Crippen molar-refractivity contribution in [3.63, 3.8) is 0 Å². The summed E-state index contributed by atoms with van der Waals surface area (Å²) in [5.41, 5.74) is 2.28. The number of carbonyl (C=O) groups is 2. The summed E-state index contributed by atoms with van der Waals surface area (Å²) in [5.74, 6) is 0.118. The van der Waals surface area contributed by atoms with Gasteiger partial charge in [0.25, 0.3) is 0 Å². The van der Waals surface area contributed by atoms with E-state index in [1.165, 1.54) is 5.56 Å². The van der Waals surface area contributed by atoms with Crippen LogP contribution in [0, 0.1) is 0 Å². The van der Waals surface area contributed by atoms with Crippen molar-refractivity contribution < 1.29 is 14.3 Å². The smallest absolute Gasteiger partial charge is 0.409 e. The quantitative estimate of drug-likeness (QED) is 0.856. The molecular weight excluding hydrogens is 268 g/mol. The first-order valence-electron chi connectivity index (χ1n) is 7.45. The van der Waals surface area contributed by atoms with Gasteiger partial charge in [0.15, 0.2) is 0 Å². The molecule has 5 heteroatoms. The van der Waals surface area contributed by atoms with Crippen LogP contribution in [0.4, 0.5) is 10.5 Å². The summed E-state index contributed by atoms with van der Waals surface area (Å²) in [6.07, 6.45) is 2.59. The predicted molar refractivity (Wildman–Crippen MR) is 79.2 cm³/mol. The van der Waals surface area contributed by atoms with Crippen molar-refractivity contribution in [2.24, 2.45) is 0 Å². The Hall–Kier alpha value is -2.04. The van der Waals surface area contributed by atoms with Gasteiger partial charge in [-0.3, -0.25) is 4.79 Å². The first kappa shape index (κ1) is 13.9. The summed E-state index contributed by atoms with van der Waals surface area (Å²) >= 11 is 0. The highest BCUT2D eigenvalue weighted by Crippen LogP contribution is 2.27. The number of hydrogen-bond acceptors (Lipinski definition) is 3. The highest BCUT2D eigenvalue weighted by Gasteiger charge is 2.29. The number of ether oxygens (including phenoxy) is 1. The van der Waals surface area contributed by atoms with Gasteiger partial charge in [-0.25, -0.2) is 4.79 Å². The number of likely N-dealkylation sites (N-methyl/N-ethyl adjacent to an activating group) is 1. The van der Waals surface area contributed by atoms with Gasteiger partial charge >= 0.3 is 6.09 Å². The Balaban J connectivity index is 1.61. The minimum atomic E-state index is -0.296. The molecule has 1 atom stereocenters. The molecule has 0 saturated carbocycles. The Morgan fingerprint density at radius 2 is 2.19 bits per heavy atom. The molecule has 1 saturated heterocycles. The number of cyclic esters (lactones) is 1. The molecule has 0 spiro atoms. The van der Waals surface area contributed by atoms with Gasteiger partial charge in [-0.15, -0.1) is 0 Å². The zero-order valence-electron chi connectivity index (χ0n) is 12.2. The highest BCUT2D eigenvalue weighted by atomic mass is 16.6. The largest absolute Gasteiger partial charge is 0.444 e. The van der Waals surface area contributed by atoms with Crippen LogP contribution in [0.1, 0.15) is 24.8 Å². The number of fused-ring (bicyclic) bond motifs is 1. The summed E-state index contributed by atoms with van der Waals surface area (Å²) in [4.78, 5) is 27.2. The van der Waals surface area contributed by atoms with Crippen molar-refractivity contribution in [1.82, 2.24) is 4.90 Å². The Morgan fingerprint density at radius 1 is 1.38 bits per heavy atom. The fraction of sp³-hybridized carbons (Fsp3) is 0.500. The lowest BCUT2D eigenvalue weighted by Crippen LogP contribution is -2.35. The van der Waals surface area contributed by atoms with Crippen LogP contribution in [0.2, 0.25) is 0 Å². The van der Waals surface area contributed by atoms with E-state index in [0.717, 1.165) is 25.1 Å². The van der Waals surface area contributed by atoms with Crippen molar-refractivity contribution in [3.8, 4) is 0 Å². The van der Waals surface area contributed by atoms with Gasteiger partial charge in [0.2, 0.25) is 5.91 Å². The van der Waals surface area contributed by atoms with Crippen LogP contribution < -0.4 is 4.90 Å². The van der Waals surface area contributed by atoms with Gasteiger partial charge in [-0.1, -0.05) is 18.2 Å². The van der Waals surface area contributed by atoms with Crippen LogP contribution in [0.15, 0.2) is 24.3 Å². The van der Waals surface area contributed by atoms with Gasteiger partial charge in [-0.05, 0) is 30.9 Å². The molecule has 0 aromatic heterocycles. The van der Waals surface area contributed by atoms with E-state index in [1.54, 1.807) is 11.9 Å². The third-order valence-corrected chi connectivity index (χ3v) is 4.15. The van der Waals surface area contributed by atoms with Crippen molar-refractivity contribution in [2.75, 3.05) is 25.0 Å². The fourth-order valence-corrected chi connectivity index (χ4v) is 3.01. The SMILES string of the molecule is CN1CC(CCC(=O)N2CCCc3ccccc32)OC1=O. The van der Waals surface area contributed by atoms with E-state index in [1.807, 2.05) is 23.1 Å². The predicted octanol–water partition coefficient (Wildman–Crippen LogP) is 2.20. The lowest BCUT2D eigenvalue weighted by Gasteiger charge is -2.29. The van der Waals surface area contributed by atoms with E-state index < -0.39 is 0 Å². The molecule has 3 rings (SSSR count). The Labute approximate surface area is 124 Å². The molecule has 112 valence electrons. The van der Waals surface area contributed by atoms with Gasteiger partial charge < -0.3 is 14.5 Å². The molecule has 0 aliphatic carbocycles. The molecule has 21 heavy (non-hydrogen) atoms. The number of amides is 2. The summed E-state index contributed by atoms with van der Waals surface area (Å²) in [6.45, 7) is 1.35. The topological polar surface area (TPSA) is 49.9 Å². The lowest BCUT2D eigenvalue weighted by atomic mass is 10.0. The number of para-hydroxylation sites is 1. The van der Waals surface area contributed by atoms with E-state index >= 15 is 0 Å². The molecule has 0 radical (unpaired) electrons. The first-order valence-corrected chi connectivity index (χ1v) is 7.45. The summed E-state index contributed by atoms with van der Waals surface area (Å²) in [5, 5.41) is 0. The number of carbonyl (C=O) groups excluding carboxylic acids is 2. The maximum absolute atomic E-state index is 12.5. The zero-order chi connectivity index (χ0) is 14.8. The molecule has 2 aliphatic rings. The third kappa shape index (κ3) is 2.86. The van der Waals surface area contributed by atoms with E-state index in [2.05, 4.69) is 6.07 Å². The van der Waals surface area contributed by atoms with E-state index in [0.29, 0.717) is 19.4 Å². The number of hydrogen-bond donors (Lipinski definition) is 0. The number of rotatable bonds is 3. The molecule has 1 aromatic rings. The molecule has 0 N–H and O–H groups in total. The molecule has 1 unspecified atom stereocenters. The van der Waals surface area contributed by atoms with Gasteiger partial charge in [0.1, 0.15) is 6.10 Å². The number of aryl methyl sites for hydroxylation is 1. The minimum absolute atomic E-state index is 0.118. The molecule has 0 bridgehead atoms. The number of anilines is 1. The lowest BCUT2D eigenvalue weighted by molar-refractivity contribution is -0.119. The van der Waals surface area contributed by atoms with E-state index in [-0.39, 0.29) is 18.1 Å². The Morgan fingerprint density at radius 3 is 2.95 bits per heavy atom. The molecular formula is C16H20N2O3. The van der Waals surface area contributed by atoms with Gasteiger partial charge in [0, 0.05) is 25.7 Å². The average molecular weight is 288 g/mol.